The van der Waals surface area contributed by atoms with Crippen molar-refractivity contribution in [2.75, 3.05) is 11.4 Å². The molecule has 208 valence electrons. The first-order valence-electron chi connectivity index (χ1n) is 13.6. The Bertz CT molecular complexity index is 1270. The Morgan fingerprint density at radius 3 is 2.49 bits per heavy atom. The van der Waals surface area contributed by atoms with Crippen LogP contribution in [0, 0.1) is 5.92 Å². The van der Waals surface area contributed by atoms with E-state index in [1.165, 1.54) is 11.3 Å². The van der Waals surface area contributed by atoms with Crippen LogP contribution in [0.1, 0.15) is 65.4 Å². The van der Waals surface area contributed by atoms with Crippen LogP contribution in [-0.2, 0) is 14.3 Å². The molecule has 1 amide bonds. The maximum absolute atomic E-state index is 14.5. The molecule has 1 saturated heterocycles. The number of benzene rings is 2. The van der Waals surface area contributed by atoms with Crippen molar-refractivity contribution in [2.45, 2.75) is 77.5 Å². The van der Waals surface area contributed by atoms with Crippen molar-refractivity contribution < 1.29 is 14.3 Å². The van der Waals surface area contributed by atoms with E-state index in [4.69, 9.17) is 21.3 Å². The van der Waals surface area contributed by atoms with Gasteiger partial charge in [-0.15, -0.1) is 11.3 Å². The van der Waals surface area contributed by atoms with Gasteiger partial charge in [0, 0.05) is 34.6 Å². The van der Waals surface area contributed by atoms with Crippen molar-refractivity contribution in [3.05, 3.63) is 70.6 Å². The number of amides is 1. The van der Waals surface area contributed by atoms with Gasteiger partial charge in [-0.25, -0.2) is 4.98 Å². The minimum atomic E-state index is -0.630. The molecule has 3 unspecified atom stereocenters. The molecule has 1 fully saturated rings. The lowest BCUT2D eigenvalue weighted by Gasteiger charge is -2.37. The second-order valence-electron chi connectivity index (χ2n) is 11.5. The average Bonchev–Trinajstić information content (AvgIpc) is 3.34. The van der Waals surface area contributed by atoms with Crippen LogP contribution in [0.5, 0.6) is 0 Å². The second-order valence-corrected chi connectivity index (χ2v) is 12.7. The van der Waals surface area contributed by atoms with Crippen molar-refractivity contribution >= 4 is 39.9 Å². The highest BCUT2D eigenvalue weighted by molar-refractivity contribution is 7.14. The highest BCUT2D eigenvalue weighted by Gasteiger charge is 2.40. The molecule has 39 heavy (non-hydrogen) atoms. The molecule has 6 nitrogen and oxygen atoms in total. The second kappa shape index (κ2) is 12.6. The van der Waals surface area contributed by atoms with Gasteiger partial charge in [-0.1, -0.05) is 74.0 Å². The van der Waals surface area contributed by atoms with E-state index in [0.29, 0.717) is 16.7 Å². The van der Waals surface area contributed by atoms with Gasteiger partial charge in [0.25, 0.3) is 0 Å². The van der Waals surface area contributed by atoms with Crippen LogP contribution in [0.4, 0.5) is 5.13 Å². The zero-order valence-electron chi connectivity index (χ0n) is 23.3. The zero-order valence-corrected chi connectivity index (χ0v) is 24.9. The van der Waals surface area contributed by atoms with Crippen LogP contribution in [0.2, 0.25) is 5.02 Å². The Morgan fingerprint density at radius 1 is 1.13 bits per heavy atom. The summed E-state index contributed by atoms with van der Waals surface area (Å²) >= 11 is 7.87. The summed E-state index contributed by atoms with van der Waals surface area (Å²) in [6.07, 6.45) is 1.65. The topological polar surface area (TPSA) is 71.5 Å². The maximum atomic E-state index is 14.5. The Hall–Kier alpha value is -2.74. The summed E-state index contributed by atoms with van der Waals surface area (Å²) in [5, 5.41) is 6.80. The highest BCUT2D eigenvalue weighted by Crippen LogP contribution is 2.39. The fourth-order valence-corrected chi connectivity index (χ4v) is 6.28. The Kier molecular flexibility index (Phi) is 9.47. The van der Waals surface area contributed by atoms with Gasteiger partial charge in [-0.2, -0.15) is 0 Å². The third kappa shape index (κ3) is 7.68. The number of carbonyl (C=O) groups is 2. The molecule has 0 spiro atoms. The first kappa shape index (κ1) is 29.2. The van der Waals surface area contributed by atoms with Crippen LogP contribution in [0.15, 0.2) is 60.0 Å². The van der Waals surface area contributed by atoms with Gasteiger partial charge in [0.1, 0.15) is 5.60 Å². The Balaban J connectivity index is 1.75. The number of halogens is 1. The maximum Gasteiger partial charge on any atom is 0.307 e. The molecule has 2 aromatic carbocycles. The van der Waals surface area contributed by atoms with Crippen LogP contribution < -0.4 is 10.2 Å². The number of carbonyl (C=O) groups excluding carboxylic acids is 2. The largest absolute Gasteiger partial charge is 0.460 e. The number of hydrogen-bond acceptors (Lipinski definition) is 6. The zero-order chi connectivity index (χ0) is 28.2. The standard InChI is InChI=1S/C31H38ClN3O3S/c1-20(2)33-22-15-16-23(21-11-7-6-8-12-21)25(17-28(36)38-31(3,4)5)29(37)35(18-22)30-34-27(19-39-30)24-13-9-10-14-26(24)32/h6-14,19-20,22-23,25,33H,15-18H2,1-5H3. The number of nitrogens with zero attached hydrogens (tertiary/aromatic N) is 2. The van der Waals surface area contributed by atoms with Crippen molar-refractivity contribution in [1.29, 1.82) is 0 Å². The fourth-order valence-electron chi connectivity index (χ4n) is 5.21. The summed E-state index contributed by atoms with van der Waals surface area (Å²) in [5.41, 5.74) is 1.98. The first-order chi connectivity index (χ1) is 18.5. The number of ether oxygens (including phenoxy) is 1. The summed E-state index contributed by atoms with van der Waals surface area (Å²) in [4.78, 5) is 34.2. The summed E-state index contributed by atoms with van der Waals surface area (Å²) in [6.45, 7) is 10.2. The summed E-state index contributed by atoms with van der Waals surface area (Å²) in [5.74, 6) is -1.18. The Morgan fingerprint density at radius 2 is 1.82 bits per heavy atom. The molecule has 3 aromatic rings. The van der Waals surface area contributed by atoms with Gasteiger partial charge in [0.05, 0.1) is 18.0 Å². The van der Waals surface area contributed by atoms with E-state index >= 15 is 0 Å². The van der Waals surface area contributed by atoms with Crippen LogP contribution >= 0.6 is 22.9 Å². The molecule has 1 aromatic heterocycles. The highest BCUT2D eigenvalue weighted by atomic mass is 35.5. The summed E-state index contributed by atoms with van der Waals surface area (Å²) in [7, 11) is 0. The van der Waals surface area contributed by atoms with Gasteiger partial charge >= 0.3 is 5.97 Å². The lowest BCUT2D eigenvalue weighted by Crippen LogP contribution is -2.51. The minimum absolute atomic E-state index is 0.0111. The van der Waals surface area contributed by atoms with Crippen molar-refractivity contribution in [2.24, 2.45) is 5.92 Å². The van der Waals surface area contributed by atoms with Crippen LogP contribution in [0.3, 0.4) is 0 Å². The lowest BCUT2D eigenvalue weighted by atomic mass is 9.78. The molecular formula is C31H38ClN3O3S. The molecular weight excluding hydrogens is 530 g/mol. The van der Waals surface area contributed by atoms with E-state index in [1.807, 2.05) is 68.6 Å². The first-order valence-corrected chi connectivity index (χ1v) is 14.8. The third-order valence-electron chi connectivity index (χ3n) is 6.77. The van der Waals surface area contributed by atoms with E-state index in [2.05, 4.69) is 31.3 Å². The molecule has 0 aliphatic carbocycles. The van der Waals surface area contributed by atoms with Crippen LogP contribution in [-0.4, -0.2) is 41.1 Å². The molecule has 2 heterocycles. The number of esters is 1. The lowest BCUT2D eigenvalue weighted by molar-refractivity contribution is -0.157. The molecule has 8 heteroatoms. The van der Waals surface area contributed by atoms with E-state index in [9.17, 15) is 9.59 Å². The molecule has 1 aliphatic heterocycles. The van der Waals surface area contributed by atoms with Gasteiger partial charge in [-0.05, 0) is 51.2 Å². The summed E-state index contributed by atoms with van der Waals surface area (Å²) < 4.78 is 5.69. The van der Waals surface area contributed by atoms with Gasteiger partial charge in [0.15, 0.2) is 5.13 Å². The summed E-state index contributed by atoms with van der Waals surface area (Å²) in [6, 6.07) is 18.0. The normalized spacial score (nSPS) is 20.5. The van der Waals surface area contributed by atoms with Crippen molar-refractivity contribution in [3.8, 4) is 11.3 Å². The van der Waals surface area contributed by atoms with E-state index < -0.39 is 11.5 Å². The monoisotopic (exact) mass is 567 g/mol. The van der Waals surface area contributed by atoms with Crippen molar-refractivity contribution in [3.63, 3.8) is 0 Å². The van der Waals surface area contributed by atoms with Gasteiger partial charge in [0.2, 0.25) is 5.91 Å². The molecule has 0 saturated carbocycles. The number of hydrogen-bond donors (Lipinski definition) is 1. The number of anilines is 1. The number of nitrogens with one attached hydrogen (secondary N) is 1. The molecule has 1 N–H and O–H groups in total. The smallest absolute Gasteiger partial charge is 0.307 e. The minimum Gasteiger partial charge on any atom is -0.460 e. The average molecular weight is 568 g/mol. The van der Waals surface area contributed by atoms with E-state index in [-0.39, 0.29) is 36.3 Å². The molecule has 3 atom stereocenters. The van der Waals surface area contributed by atoms with E-state index in [1.54, 1.807) is 4.90 Å². The molecule has 4 rings (SSSR count). The van der Waals surface area contributed by atoms with E-state index in [0.717, 1.165) is 29.7 Å². The number of rotatable bonds is 7. The predicted molar refractivity (Wildman–Crippen MR) is 159 cm³/mol. The molecule has 0 radical (unpaired) electrons. The number of thiazole rings is 1. The molecule has 1 aliphatic rings. The fraction of sp³-hybridized carbons (Fsp3) is 0.452. The SMILES string of the molecule is CC(C)NC1CCC(c2ccccc2)C(CC(=O)OC(C)(C)C)C(=O)N(c2nc(-c3ccccc3Cl)cs2)C1. The third-order valence-corrected chi connectivity index (χ3v) is 7.97. The van der Waals surface area contributed by atoms with Crippen LogP contribution in [0.25, 0.3) is 11.3 Å². The quantitative estimate of drug-likeness (QED) is 0.309. The van der Waals surface area contributed by atoms with Gasteiger partial charge < -0.3 is 10.1 Å². The number of aromatic nitrogens is 1. The predicted octanol–water partition coefficient (Wildman–Crippen LogP) is 7.09. The molecule has 0 bridgehead atoms. The van der Waals surface area contributed by atoms with Gasteiger partial charge in [-0.3, -0.25) is 14.5 Å². The Labute approximate surface area is 240 Å². The van der Waals surface area contributed by atoms with Crippen molar-refractivity contribution in [1.82, 2.24) is 10.3 Å².